The lowest BCUT2D eigenvalue weighted by molar-refractivity contribution is 0.703. The zero-order valence-corrected chi connectivity index (χ0v) is 12.5. The second-order valence-electron chi connectivity index (χ2n) is 4.55. The van der Waals surface area contributed by atoms with Gasteiger partial charge in [-0.15, -0.1) is 0 Å². The van der Waals surface area contributed by atoms with Crippen LogP contribution in [0.15, 0.2) is 28.7 Å². The molecule has 1 fully saturated rings. The molecule has 1 heterocycles. The van der Waals surface area contributed by atoms with Crippen molar-refractivity contribution in [2.45, 2.75) is 30.9 Å². The summed E-state index contributed by atoms with van der Waals surface area (Å²) in [5.41, 5.74) is 1.45. The first-order valence-corrected chi connectivity index (χ1v) is 8.25. The molecule has 3 heteroatoms. The lowest BCUT2D eigenvalue weighted by Gasteiger charge is -2.12. The van der Waals surface area contributed by atoms with Crippen LogP contribution in [0.1, 0.15) is 24.8 Å². The van der Waals surface area contributed by atoms with E-state index in [0.29, 0.717) is 0 Å². The number of nitrogens with one attached hydrogen (secondary N) is 1. The molecule has 1 saturated heterocycles. The molecule has 17 heavy (non-hydrogen) atoms. The largest absolute Gasteiger partial charge is 0.317 e. The minimum absolute atomic E-state index is 0.875. The summed E-state index contributed by atoms with van der Waals surface area (Å²) in [7, 11) is 0. The van der Waals surface area contributed by atoms with Gasteiger partial charge in [-0.25, -0.2) is 0 Å². The van der Waals surface area contributed by atoms with Crippen LogP contribution < -0.4 is 5.32 Å². The standard InChI is InChI=1S/C14H20BrNS/c15-13-5-3-12(4-6-13)8-11-17-14-2-1-9-16-10-7-14/h3-6,14,16H,1-2,7-11H2. The molecular formula is C14H20BrNS. The summed E-state index contributed by atoms with van der Waals surface area (Å²) >= 11 is 5.63. The third kappa shape index (κ3) is 5.02. The molecule has 1 aromatic carbocycles. The van der Waals surface area contributed by atoms with Crippen LogP contribution in [0.25, 0.3) is 0 Å². The minimum atomic E-state index is 0.875. The minimum Gasteiger partial charge on any atom is -0.317 e. The normalized spacial score (nSPS) is 21.1. The van der Waals surface area contributed by atoms with Gasteiger partial charge in [0.1, 0.15) is 0 Å². The summed E-state index contributed by atoms with van der Waals surface area (Å²) in [5.74, 6) is 1.26. The van der Waals surface area contributed by atoms with E-state index in [0.717, 1.165) is 5.25 Å². The summed E-state index contributed by atoms with van der Waals surface area (Å²) in [6, 6.07) is 8.71. The first-order chi connectivity index (χ1) is 8.34. The Morgan fingerprint density at radius 2 is 2.00 bits per heavy atom. The Morgan fingerprint density at radius 3 is 2.82 bits per heavy atom. The molecule has 1 aromatic rings. The first-order valence-electron chi connectivity index (χ1n) is 6.41. The molecule has 94 valence electrons. The maximum atomic E-state index is 3.47. The van der Waals surface area contributed by atoms with Crippen LogP contribution in [-0.4, -0.2) is 24.1 Å². The molecular weight excluding hydrogens is 294 g/mol. The van der Waals surface area contributed by atoms with Crippen molar-refractivity contribution in [2.75, 3.05) is 18.8 Å². The van der Waals surface area contributed by atoms with Gasteiger partial charge in [0.15, 0.2) is 0 Å². The second-order valence-corrected chi connectivity index (χ2v) is 6.87. The van der Waals surface area contributed by atoms with Crippen molar-refractivity contribution >= 4 is 27.7 Å². The molecule has 0 bridgehead atoms. The van der Waals surface area contributed by atoms with Gasteiger partial charge >= 0.3 is 0 Å². The van der Waals surface area contributed by atoms with E-state index >= 15 is 0 Å². The number of thioether (sulfide) groups is 1. The van der Waals surface area contributed by atoms with Gasteiger partial charge in [-0.05, 0) is 62.2 Å². The smallest absolute Gasteiger partial charge is 0.0175 e. The van der Waals surface area contributed by atoms with E-state index in [1.807, 2.05) is 0 Å². The number of benzene rings is 1. The van der Waals surface area contributed by atoms with Crippen LogP contribution in [0.2, 0.25) is 0 Å². The van der Waals surface area contributed by atoms with Gasteiger partial charge in [0.25, 0.3) is 0 Å². The van der Waals surface area contributed by atoms with Gasteiger partial charge in [-0.3, -0.25) is 0 Å². The monoisotopic (exact) mass is 313 g/mol. The van der Waals surface area contributed by atoms with Crippen LogP contribution in [0.4, 0.5) is 0 Å². The van der Waals surface area contributed by atoms with Crippen molar-refractivity contribution in [3.8, 4) is 0 Å². The average molecular weight is 314 g/mol. The predicted octanol–water partition coefficient (Wildman–Crippen LogP) is 3.87. The summed E-state index contributed by atoms with van der Waals surface area (Å²) in [5, 5.41) is 4.35. The van der Waals surface area contributed by atoms with Crippen molar-refractivity contribution in [1.82, 2.24) is 5.32 Å². The predicted molar refractivity (Wildman–Crippen MR) is 80.8 cm³/mol. The number of halogens is 1. The number of aryl methyl sites for hydroxylation is 1. The molecule has 1 unspecified atom stereocenters. The van der Waals surface area contributed by atoms with Crippen molar-refractivity contribution < 1.29 is 0 Å². The number of rotatable bonds is 4. The number of hydrogen-bond donors (Lipinski definition) is 1. The van der Waals surface area contributed by atoms with Gasteiger partial charge < -0.3 is 5.32 Å². The summed E-state index contributed by atoms with van der Waals surface area (Å²) < 4.78 is 1.17. The van der Waals surface area contributed by atoms with E-state index in [1.54, 1.807) is 0 Å². The van der Waals surface area contributed by atoms with Gasteiger partial charge in [0.2, 0.25) is 0 Å². The van der Waals surface area contributed by atoms with E-state index in [2.05, 4.69) is 57.3 Å². The molecule has 1 atom stereocenters. The molecule has 1 N–H and O–H groups in total. The maximum absolute atomic E-state index is 3.47. The van der Waals surface area contributed by atoms with E-state index < -0.39 is 0 Å². The van der Waals surface area contributed by atoms with Crippen molar-refractivity contribution in [2.24, 2.45) is 0 Å². The molecule has 1 nitrogen and oxygen atoms in total. The quantitative estimate of drug-likeness (QED) is 0.905. The van der Waals surface area contributed by atoms with E-state index in [9.17, 15) is 0 Å². The van der Waals surface area contributed by atoms with Gasteiger partial charge in [-0.1, -0.05) is 28.1 Å². The van der Waals surface area contributed by atoms with Gasteiger partial charge in [-0.2, -0.15) is 11.8 Å². The Kier molecular flexibility index (Phi) is 5.89. The fraction of sp³-hybridized carbons (Fsp3) is 0.571. The molecule has 0 amide bonds. The fourth-order valence-electron chi connectivity index (χ4n) is 2.15. The van der Waals surface area contributed by atoms with Crippen molar-refractivity contribution in [3.63, 3.8) is 0 Å². The molecule has 1 aliphatic heterocycles. The van der Waals surface area contributed by atoms with E-state index in [1.165, 1.54) is 54.6 Å². The lowest BCUT2D eigenvalue weighted by Crippen LogP contribution is -2.14. The molecule has 1 aliphatic rings. The third-order valence-electron chi connectivity index (χ3n) is 3.18. The highest BCUT2D eigenvalue weighted by Crippen LogP contribution is 2.22. The highest BCUT2D eigenvalue weighted by atomic mass is 79.9. The third-order valence-corrected chi connectivity index (χ3v) is 5.09. The number of hydrogen-bond acceptors (Lipinski definition) is 2. The Bertz CT molecular complexity index is 317. The molecule has 0 aliphatic carbocycles. The first kappa shape index (κ1) is 13.4. The second kappa shape index (κ2) is 7.45. The zero-order chi connectivity index (χ0) is 11.9. The average Bonchev–Trinajstić information content (AvgIpc) is 2.60. The topological polar surface area (TPSA) is 12.0 Å². The Morgan fingerprint density at radius 1 is 1.18 bits per heavy atom. The van der Waals surface area contributed by atoms with Crippen LogP contribution in [0.3, 0.4) is 0 Å². The molecule has 0 radical (unpaired) electrons. The molecule has 2 rings (SSSR count). The Balaban J connectivity index is 1.69. The Labute approximate surface area is 117 Å². The van der Waals surface area contributed by atoms with Gasteiger partial charge in [0.05, 0.1) is 0 Å². The maximum Gasteiger partial charge on any atom is 0.0175 e. The van der Waals surface area contributed by atoms with Crippen LogP contribution in [0.5, 0.6) is 0 Å². The van der Waals surface area contributed by atoms with Crippen LogP contribution >= 0.6 is 27.7 Å². The highest BCUT2D eigenvalue weighted by Gasteiger charge is 2.11. The summed E-state index contributed by atoms with van der Waals surface area (Å²) in [4.78, 5) is 0. The molecule has 0 saturated carbocycles. The van der Waals surface area contributed by atoms with Crippen molar-refractivity contribution in [1.29, 1.82) is 0 Å². The zero-order valence-electron chi connectivity index (χ0n) is 10.1. The van der Waals surface area contributed by atoms with E-state index in [-0.39, 0.29) is 0 Å². The summed E-state index contributed by atoms with van der Waals surface area (Å²) in [6.07, 6.45) is 5.26. The fourth-order valence-corrected chi connectivity index (χ4v) is 3.72. The van der Waals surface area contributed by atoms with Crippen LogP contribution in [0, 0.1) is 0 Å². The highest BCUT2D eigenvalue weighted by molar-refractivity contribution is 9.10. The van der Waals surface area contributed by atoms with Gasteiger partial charge in [0, 0.05) is 9.72 Å². The Hall–Kier alpha value is 0.01000. The van der Waals surface area contributed by atoms with Crippen LogP contribution in [-0.2, 0) is 6.42 Å². The van der Waals surface area contributed by atoms with E-state index in [4.69, 9.17) is 0 Å². The summed E-state index contributed by atoms with van der Waals surface area (Å²) in [6.45, 7) is 2.42. The molecule has 0 spiro atoms. The lowest BCUT2D eigenvalue weighted by atomic mass is 10.2. The SMILES string of the molecule is Brc1ccc(CCSC2CCCNCC2)cc1. The molecule has 0 aromatic heterocycles. The van der Waals surface area contributed by atoms with Crippen molar-refractivity contribution in [3.05, 3.63) is 34.3 Å².